The minimum atomic E-state index is -0.0332. The minimum absolute atomic E-state index is 0.0332. The Balaban J connectivity index is 1.82. The Morgan fingerprint density at radius 1 is 1.40 bits per heavy atom. The van der Waals surface area contributed by atoms with Crippen LogP contribution in [0, 0.1) is 13.8 Å². The predicted octanol–water partition coefficient (Wildman–Crippen LogP) is 1.54. The van der Waals surface area contributed by atoms with Crippen LogP contribution >= 0.6 is 0 Å². The number of aromatic nitrogens is 4. The normalized spacial score (nSPS) is 14.6. The Morgan fingerprint density at radius 2 is 2.15 bits per heavy atom. The Bertz CT molecular complexity index is 696. The lowest BCUT2D eigenvalue weighted by molar-refractivity contribution is 0.699. The van der Waals surface area contributed by atoms with E-state index in [-0.39, 0.29) is 5.56 Å². The van der Waals surface area contributed by atoms with Crippen molar-refractivity contribution < 1.29 is 0 Å². The summed E-state index contributed by atoms with van der Waals surface area (Å²) in [7, 11) is 1.92. The summed E-state index contributed by atoms with van der Waals surface area (Å²) in [6.45, 7) is 4.57. The van der Waals surface area contributed by atoms with E-state index in [9.17, 15) is 4.79 Å². The molecule has 6 heteroatoms. The fourth-order valence-electron chi connectivity index (χ4n) is 2.43. The average molecular weight is 273 g/mol. The van der Waals surface area contributed by atoms with Gasteiger partial charge in [0.25, 0.3) is 5.56 Å². The van der Waals surface area contributed by atoms with Crippen LogP contribution in [0.15, 0.2) is 17.2 Å². The smallest absolute Gasteiger partial charge is 0.293 e. The van der Waals surface area contributed by atoms with Crippen LogP contribution < -0.4 is 10.9 Å². The van der Waals surface area contributed by atoms with Gasteiger partial charge in [0.1, 0.15) is 0 Å². The van der Waals surface area contributed by atoms with Gasteiger partial charge >= 0.3 is 0 Å². The monoisotopic (exact) mass is 273 g/mol. The van der Waals surface area contributed by atoms with Crippen molar-refractivity contribution in [1.29, 1.82) is 0 Å². The standard InChI is InChI=1S/C14H19N5O/c1-9-12(10(2)18(3)17-9)8-16-13-14(20)19(7-6-15-13)11-4-5-11/h6-7,11H,4-5,8H2,1-3H3,(H,15,16). The summed E-state index contributed by atoms with van der Waals surface area (Å²) in [6.07, 6.45) is 5.63. The molecule has 1 fully saturated rings. The third-order valence-corrected chi connectivity index (χ3v) is 3.90. The van der Waals surface area contributed by atoms with Gasteiger partial charge in [-0.15, -0.1) is 0 Å². The summed E-state index contributed by atoms with van der Waals surface area (Å²) in [6, 6.07) is 0.368. The van der Waals surface area contributed by atoms with E-state index in [1.807, 2.05) is 25.6 Å². The molecule has 106 valence electrons. The lowest BCUT2D eigenvalue weighted by Crippen LogP contribution is -2.23. The van der Waals surface area contributed by atoms with Gasteiger partial charge in [-0.05, 0) is 26.7 Å². The molecule has 0 radical (unpaired) electrons. The Morgan fingerprint density at radius 3 is 2.75 bits per heavy atom. The van der Waals surface area contributed by atoms with E-state index in [4.69, 9.17) is 0 Å². The molecule has 0 spiro atoms. The lowest BCUT2D eigenvalue weighted by atomic mass is 10.2. The van der Waals surface area contributed by atoms with Gasteiger partial charge in [-0.3, -0.25) is 9.48 Å². The number of nitrogens with one attached hydrogen (secondary N) is 1. The molecule has 20 heavy (non-hydrogen) atoms. The van der Waals surface area contributed by atoms with Crippen molar-refractivity contribution in [2.24, 2.45) is 7.05 Å². The molecule has 0 unspecified atom stereocenters. The second kappa shape index (κ2) is 4.77. The molecule has 0 amide bonds. The molecule has 0 saturated heterocycles. The quantitative estimate of drug-likeness (QED) is 0.917. The second-order valence-corrected chi connectivity index (χ2v) is 5.35. The van der Waals surface area contributed by atoms with Crippen LogP contribution in [0.2, 0.25) is 0 Å². The molecule has 0 bridgehead atoms. The van der Waals surface area contributed by atoms with Crippen LogP contribution in [0.5, 0.6) is 0 Å². The van der Waals surface area contributed by atoms with Crippen LogP contribution in [0.25, 0.3) is 0 Å². The SMILES string of the molecule is Cc1nn(C)c(C)c1CNc1nccn(C2CC2)c1=O. The highest BCUT2D eigenvalue weighted by atomic mass is 16.1. The number of rotatable bonds is 4. The van der Waals surface area contributed by atoms with Crippen LogP contribution in [0.3, 0.4) is 0 Å². The van der Waals surface area contributed by atoms with E-state index in [0.717, 1.165) is 29.8 Å². The van der Waals surface area contributed by atoms with Crippen molar-refractivity contribution in [3.8, 4) is 0 Å². The molecule has 0 aromatic carbocycles. The highest BCUT2D eigenvalue weighted by Crippen LogP contribution is 2.33. The van der Waals surface area contributed by atoms with Crippen molar-refractivity contribution in [3.05, 3.63) is 39.7 Å². The Kier molecular flexibility index (Phi) is 3.08. The number of hydrogen-bond donors (Lipinski definition) is 1. The molecule has 2 heterocycles. The topological polar surface area (TPSA) is 64.7 Å². The fourth-order valence-corrected chi connectivity index (χ4v) is 2.43. The van der Waals surface area contributed by atoms with E-state index in [1.165, 1.54) is 0 Å². The predicted molar refractivity (Wildman–Crippen MR) is 76.8 cm³/mol. The van der Waals surface area contributed by atoms with E-state index in [0.29, 0.717) is 18.4 Å². The van der Waals surface area contributed by atoms with Crippen molar-refractivity contribution in [1.82, 2.24) is 19.3 Å². The van der Waals surface area contributed by atoms with Gasteiger partial charge in [0.05, 0.1) is 5.69 Å². The lowest BCUT2D eigenvalue weighted by Gasteiger charge is -2.08. The number of nitrogens with zero attached hydrogens (tertiary/aromatic N) is 4. The number of hydrogen-bond acceptors (Lipinski definition) is 4. The van der Waals surface area contributed by atoms with Gasteiger partial charge in [-0.2, -0.15) is 5.10 Å². The molecule has 1 aliphatic carbocycles. The summed E-state index contributed by atoms with van der Waals surface area (Å²) < 4.78 is 3.63. The average Bonchev–Trinajstić information content (AvgIpc) is 3.21. The molecule has 1 aliphatic rings. The maximum atomic E-state index is 12.3. The maximum Gasteiger partial charge on any atom is 0.293 e. The van der Waals surface area contributed by atoms with Crippen molar-refractivity contribution >= 4 is 5.82 Å². The van der Waals surface area contributed by atoms with E-state index in [2.05, 4.69) is 15.4 Å². The van der Waals surface area contributed by atoms with Gasteiger partial charge in [0.2, 0.25) is 0 Å². The summed E-state index contributed by atoms with van der Waals surface area (Å²) >= 11 is 0. The minimum Gasteiger partial charge on any atom is -0.361 e. The van der Waals surface area contributed by atoms with E-state index in [1.54, 1.807) is 17.0 Å². The van der Waals surface area contributed by atoms with E-state index >= 15 is 0 Å². The van der Waals surface area contributed by atoms with Crippen molar-refractivity contribution in [2.75, 3.05) is 5.32 Å². The Hall–Kier alpha value is -2.11. The molecule has 3 rings (SSSR count). The molecule has 0 aliphatic heterocycles. The van der Waals surface area contributed by atoms with Crippen LogP contribution in [0.4, 0.5) is 5.82 Å². The van der Waals surface area contributed by atoms with Crippen LogP contribution in [-0.2, 0) is 13.6 Å². The molecule has 1 N–H and O–H groups in total. The molecular weight excluding hydrogens is 254 g/mol. The fraction of sp³-hybridized carbons (Fsp3) is 0.500. The molecular formula is C14H19N5O. The summed E-state index contributed by atoms with van der Waals surface area (Å²) in [5.41, 5.74) is 3.18. The molecule has 2 aromatic rings. The third-order valence-electron chi connectivity index (χ3n) is 3.90. The van der Waals surface area contributed by atoms with Crippen LogP contribution in [-0.4, -0.2) is 19.3 Å². The first kappa shape index (κ1) is 12.9. The largest absolute Gasteiger partial charge is 0.361 e. The summed E-state index contributed by atoms with van der Waals surface area (Å²) in [5, 5.41) is 7.52. The zero-order valence-electron chi connectivity index (χ0n) is 12.1. The molecule has 2 aromatic heterocycles. The Labute approximate surface area is 117 Å². The summed E-state index contributed by atoms with van der Waals surface area (Å²) in [4.78, 5) is 16.4. The van der Waals surface area contributed by atoms with Crippen LogP contribution in [0.1, 0.15) is 35.8 Å². The first-order valence-electron chi connectivity index (χ1n) is 6.88. The van der Waals surface area contributed by atoms with Gasteiger partial charge < -0.3 is 9.88 Å². The molecule has 6 nitrogen and oxygen atoms in total. The van der Waals surface area contributed by atoms with Gasteiger partial charge in [-0.25, -0.2) is 4.98 Å². The van der Waals surface area contributed by atoms with E-state index < -0.39 is 0 Å². The van der Waals surface area contributed by atoms with Gasteiger partial charge in [0.15, 0.2) is 5.82 Å². The number of anilines is 1. The second-order valence-electron chi connectivity index (χ2n) is 5.35. The zero-order chi connectivity index (χ0) is 14.3. The molecule has 0 atom stereocenters. The third kappa shape index (κ3) is 2.21. The first-order valence-corrected chi connectivity index (χ1v) is 6.88. The number of aryl methyl sites for hydroxylation is 2. The van der Waals surface area contributed by atoms with Gasteiger partial charge in [-0.1, -0.05) is 0 Å². The first-order chi connectivity index (χ1) is 9.58. The van der Waals surface area contributed by atoms with Crippen molar-refractivity contribution in [3.63, 3.8) is 0 Å². The summed E-state index contributed by atoms with van der Waals surface area (Å²) in [5.74, 6) is 0.419. The van der Waals surface area contributed by atoms with Gasteiger partial charge in [0, 0.05) is 43.3 Å². The van der Waals surface area contributed by atoms with Crippen molar-refractivity contribution in [2.45, 2.75) is 39.3 Å². The highest BCUT2D eigenvalue weighted by Gasteiger charge is 2.25. The highest BCUT2D eigenvalue weighted by molar-refractivity contribution is 5.35. The maximum absolute atomic E-state index is 12.3. The zero-order valence-corrected chi connectivity index (χ0v) is 12.1. The molecule has 1 saturated carbocycles.